The number of fused-ring (bicyclic) bond motifs is 1. The van der Waals surface area contributed by atoms with Gasteiger partial charge in [0.15, 0.2) is 0 Å². The van der Waals surface area contributed by atoms with E-state index in [1.807, 2.05) is 30.3 Å². The summed E-state index contributed by atoms with van der Waals surface area (Å²) >= 11 is 0. The van der Waals surface area contributed by atoms with Crippen LogP contribution in [0.3, 0.4) is 0 Å². The number of para-hydroxylation sites is 1. The van der Waals surface area contributed by atoms with Crippen molar-refractivity contribution in [3.05, 3.63) is 65.7 Å². The monoisotopic (exact) mass is 363 g/mol. The number of aryl methyl sites for hydroxylation is 1. The smallest absolute Gasteiger partial charge is 0.125 e. The Morgan fingerprint density at radius 1 is 1.00 bits per heavy atom. The minimum absolute atomic E-state index is 0.0452. The van der Waals surface area contributed by atoms with Crippen LogP contribution >= 0.6 is 0 Å². The van der Waals surface area contributed by atoms with E-state index in [2.05, 4.69) is 29.2 Å². The van der Waals surface area contributed by atoms with E-state index in [1.165, 1.54) is 19.4 Å². The second-order valence-corrected chi connectivity index (χ2v) is 8.49. The summed E-state index contributed by atoms with van der Waals surface area (Å²) in [5.41, 5.74) is 3.20. The van der Waals surface area contributed by atoms with E-state index in [1.54, 1.807) is 11.1 Å². The molecule has 27 heavy (non-hydrogen) atoms. The number of likely N-dealkylation sites (tertiary alicyclic amines) is 1. The van der Waals surface area contributed by atoms with E-state index in [4.69, 9.17) is 9.47 Å². The molecule has 3 nitrogen and oxygen atoms in total. The molecular formula is C24H29NO2. The largest absolute Gasteiger partial charge is 0.488 e. The highest BCUT2D eigenvalue weighted by Gasteiger charge is 2.44. The third kappa shape index (κ3) is 3.63. The molecule has 0 radical (unpaired) electrons. The van der Waals surface area contributed by atoms with Gasteiger partial charge in [-0.25, -0.2) is 0 Å². The summed E-state index contributed by atoms with van der Waals surface area (Å²) in [4.78, 5) is 2.66. The van der Waals surface area contributed by atoms with Gasteiger partial charge in [0.25, 0.3) is 0 Å². The molecule has 0 aromatic heterocycles. The molecule has 0 N–H and O–H groups in total. The first kappa shape index (κ1) is 17.3. The van der Waals surface area contributed by atoms with Crippen molar-refractivity contribution < 1.29 is 9.47 Å². The number of nitrogens with zero attached hydrogens (tertiary/aromatic N) is 1. The molecule has 2 heterocycles. The summed E-state index contributed by atoms with van der Waals surface area (Å²) in [6.45, 7) is 4.23. The molecule has 2 aromatic rings. The lowest BCUT2D eigenvalue weighted by Crippen LogP contribution is -2.45. The molecule has 2 aliphatic heterocycles. The topological polar surface area (TPSA) is 21.7 Å². The Balaban J connectivity index is 1.14. The second kappa shape index (κ2) is 7.29. The van der Waals surface area contributed by atoms with Crippen LogP contribution in [-0.2, 0) is 11.2 Å². The summed E-state index contributed by atoms with van der Waals surface area (Å²) in [5, 5.41) is 0. The van der Waals surface area contributed by atoms with Crippen molar-refractivity contribution >= 4 is 0 Å². The first-order chi connectivity index (χ1) is 13.3. The van der Waals surface area contributed by atoms with Crippen LogP contribution in [0.1, 0.15) is 42.7 Å². The molecular weight excluding hydrogens is 334 g/mol. The quantitative estimate of drug-likeness (QED) is 0.803. The standard InChI is InChI=1S/C24H29NO2/c1-2-7-21(8-3-1)27-22-16-24(26-18-22)12-14-25(15-13-24)17-20-11-10-19-6-4-5-9-23(19)20/h1-9,20,22H,10-18H2/t20-,22?/m0/s1. The van der Waals surface area contributed by atoms with Crippen molar-refractivity contribution in [1.82, 2.24) is 4.90 Å². The highest BCUT2D eigenvalue weighted by atomic mass is 16.6. The Bertz CT molecular complexity index is 767. The lowest BCUT2D eigenvalue weighted by molar-refractivity contribution is -0.0448. The van der Waals surface area contributed by atoms with Gasteiger partial charge in [0.05, 0.1) is 12.2 Å². The highest BCUT2D eigenvalue weighted by molar-refractivity contribution is 5.35. The van der Waals surface area contributed by atoms with Crippen molar-refractivity contribution in [3.63, 3.8) is 0 Å². The van der Waals surface area contributed by atoms with Gasteiger partial charge in [0, 0.05) is 26.1 Å². The fraction of sp³-hybridized carbons (Fsp3) is 0.500. The summed E-state index contributed by atoms with van der Waals surface area (Å²) in [6.07, 6.45) is 6.05. The average molecular weight is 364 g/mol. The van der Waals surface area contributed by atoms with Crippen LogP contribution < -0.4 is 4.74 Å². The summed E-state index contributed by atoms with van der Waals surface area (Å²) in [7, 11) is 0. The van der Waals surface area contributed by atoms with Gasteiger partial charge in [-0.1, -0.05) is 42.5 Å². The van der Waals surface area contributed by atoms with Crippen LogP contribution in [0.25, 0.3) is 0 Å². The molecule has 0 saturated carbocycles. The zero-order valence-corrected chi connectivity index (χ0v) is 16.0. The summed E-state index contributed by atoms with van der Waals surface area (Å²) in [5.74, 6) is 1.68. The average Bonchev–Trinajstić information content (AvgIpc) is 3.29. The molecule has 2 saturated heterocycles. The van der Waals surface area contributed by atoms with Crippen LogP contribution in [0.2, 0.25) is 0 Å². The molecule has 1 spiro atoms. The molecule has 1 unspecified atom stereocenters. The normalized spacial score (nSPS) is 27.0. The van der Waals surface area contributed by atoms with Crippen LogP contribution in [-0.4, -0.2) is 42.8 Å². The molecule has 5 rings (SSSR count). The van der Waals surface area contributed by atoms with Gasteiger partial charge in [0.2, 0.25) is 0 Å². The molecule has 1 aliphatic carbocycles. The number of hydrogen-bond acceptors (Lipinski definition) is 3. The number of ether oxygens (including phenoxy) is 2. The van der Waals surface area contributed by atoms with E-state index in [-0.39, 0.29) is 11.7 Å². The van der Waals surface area contributed by atoms with Gasteiger partial charge in [-0.3, -0.25) is 0 Å². The Morgan fingerprint density at radius 2 is 1.78 bits per heavy atom. The van der Waals surface area contributed by atoms with Crippen molar-refractivity contribution in [2.45, 2.75) is 49.7 Å². The van der Waals surface area contributed by atoms with E-state index in [0.717, 1.165) is 44.7 Å². The van der Waals surface area contributed by atoms with Gasteiger partial charge < -0.3 is 14.4 Å². The first-order valence-electron chi connectivity index (χ1n) is 10.5. The lowest BCUT2D eigenvalue weighted by atomic mass is 9.87. The predicted molar refractivity (Wildman–Crippen MR) is 107 cm³/mol. The third-order valence-corrected chi connectivity index (χ3v) is 6.72. The van der Waals surface area contributed by atoms with Gasteiger partial charge in [-0.15, -0.1) is 0 Å². The van der Waals surface area contributed by atoms with E-state index in [0.29, 0.717) is 5.92 Å². The van der Waals surface area contributed by atoms with Crippen molar-refractivity contribution in [3.8, 4) is 5.75 Å². The fourth-order valence-electron chi connectivity index (χ4n) is 5.21. The lowest BCUT2D eigenvalue weighted by Gasteiger charge is -2.39. The van der Waals surface area contributed by atoms with Crippen LogP contribution in [0.5, 0.6) is 5.75 Å². The van der Waals surface area contributed by atoms with Gasteiger partial charge in [-0.2, -0.15) is 0 Å². The molecule has 0 bridgehead atoms. The number of hydrogen-bond donors (Lipinski definition) is 0. The third-order valence-electron chi connectivity index (χ3n) is 6.72. The molecule has 3 aliphatic rings. The Morgan fingerprint density at radius 3 is 2.63 bits per heavy atom. The maximum atomic E-state index is 6.29. The SMILES string of the molecule is c1ccc(OC2COC3(CCN(C[C@@H]4CCc5ccccc54)CC3)C2)cc1. The van der Waals surface area contributed by atoms with E-state index in [9.17, 15) is 0 Å². The van der Waals surface area contributed by atoms with E-state index >= 15 is 0 Å². The van der Waals surface area contributed by atoms with Gasteiger partial charge in [-0.05, 0) is 54.9 Å². The molecule has 142 valence electrons. The molecule has 0 amide bonds. The maximum Gasteiger partial charge on any atom is 0.125 e. The zero-order chi connectivity index (χ0) is 18.1. The van der Waals surface area contributed by atoms with Crippen molar-refractivity contribution in [2.24, 2.45) is 0 Å². The molecule has 3 heteroatoms. The molecule has 2 fully saturated rings. The van der Waals surface area contributed by atoms with Gasteiger partial charge >= 0.3 is 0 Å². The van der Waals surface area contributed by atoms with Crippen LogP contribution in [0, 0.1) is 0 Å². The van der Waals surface area contributed by atoms with Crippen LogP contribution in [0.4, 0.5) is 0 Å². The Labute approximate surface area is 162 Å². The first-order valence-corrected chi connectivity index (χ1v) is 10.5. The van der Waals surface area contributed by atoms with Crippen molar-refractivity contribution in [2.75, 3.05) is 26.2 Å². The van der Waals surface area contributed by atoms with E-state index < -0.39 is 0 Å². The zero-order valence-electron chi connectivity index (χ0n) is 16.0. The summed E-state index contributed by atoms with van der Waals surface area (Å²) < 4.78 is 12.4. The van der Waals surface area contributed by atoms with Crippen molar-refractivity contribution in [1.29, 1.82) is 0 Å². The minimum Gasteiger partial charge on any atom is -0.488 e. The Hall–Kier alpha value is -1.84. The maximum absolute atomic E-state index is 6.29. The highest BCUT2D eigenvalue weighted by Crippen LogP contribution is 2.39. The Kier molecular flexibility index (Phi) is 4.66. The summed E-state index contributed by atoms with van der Waals surface area (Å²) in [6, 6.07) is 19.2. The fourth-order valence-corrected chi connectivity index (χ4v) is 5.21. The predicted octanol–water partition coefficient (Wildman–Crippen LogP) is 4.42. The second-order valence-electron chi connectivity index (χ2n) is 8.49. The molecule has 2 atom stereocenters. The molecule has 2 aromatic carbocycles. The van der Waals surface area contributed by atoms with Crippen LogP contribution in [0.15, 0.2) is 54.6 Å². The number of rotatable bonds is 4. The number of benzene rings is 2. The number of piperidine rings is 1. The van der Waals surface area contributed by atoms with Gasteiger partial charge in [0.1, 0.15) is 11.9 Å². The minimum atomic E-state index is 0.0452.